The number of fused-ring (bicyclic) bond motifs is 1. The molecule has 0 spiro atoms. The van der Waals surface area contributed by atoms with Gasteiger partial charge in [0, 0.05) is 11.6 Å². The van der Waals surface area contributed by atoms with Crippen molar-refractivity contribution in [2.24, 2.45) is 0 Å². The number of hydrogen-bond acceptors (Lipinski definition) is 5. The molecule has 2 aromatic carbocycles. The number of anilines is 1. The average Bonchev–Trinajstić information content (AvgIpc) is 2.70. The minimum atomic E-state index is -3.59. The lowest BCUT2D eigenvalue weighted by Gasteiger charge is -2.34. The van der Waals surface area contributed by atoms with Gasteiger partial charge in [-0.05, 0) is 48.7 Å². The predicted octanol–water partition coefficient (Wildman–Crippen LogP) is 2.62. The second kappa shape index (κ2) is 8.92. The van der Waals surface area contributed by atoms with E-state index in [1.807, 2.05) is 24.3 Å². The van der Waals surface area contributed by atoms with Crippen molar-refractivity contribution in [3.05, 3.63) is 53.1 Å². The molecule has 7 nitrogen and oxygen atoms in total. The van der Waals surface area contributed by atoms with Gasteiger partial charge < -0.3 is 14.8 Å². The van der Waals surface area contributed by atoms with E-state index in [1.165, 1.54) is 6.07 Å². The SMILES string of the molecule is COc1ccc(CCCNC(=O)[C@H]2CN(S(C)(=O)=O)c3cc(Cl)ccc3O2)cc1. The van der Waals surface area contributed by atoms with Gasteiger partial charge >= 0.3 is 0 Å². The Morgan fingerprint density at radius 3 is 2.66 bits per heavy atom. The van der Waals surface area contributed by atoms with Crippen molar-refractivity contribution in [2.75, 3.05) is 30.8 Å². The Bertz CT molecular complexity index is 979. The number of nitrogens with one attached hydrogen (secondary N) is 1. The van der Waals surface area contributed by atoms with Crippen LogP contribution in [0.15, 0.2) is 42.5 Å². The number of hydrogen-bond donors (Lipinski definition) is 1. The highest BCUT2D eigenvalue weighted by Crippen LogP contribution is 2.37. The van der Waals surface area contributed by atoms with Crippen LogP contribution >= 0.6 is 11.6 Å². The highest BCUT2D eigenvalue weighted by molar-refractivity contribution is 7.92. The quantitative estimate of drug-likeness (QED) is 0.672. The molecule has 3 rings (SSSR count). The van der Waals surface area contributed by atoms with E-state index in [0.29, 0.717) is 23.0 Å². The van der Waals surface area contributed by atoms with Crippen molar-refractivity contribution < 1.29 is 22.7 Å². The van der Waals surface area contributed by atoms with Crippen LogP contribution in [-0.2, 0) is 21.2 Å². The molecular formula is C20H23ClN2O5S. The van der Waals surface area contributed by atoms with Crippen LogP contribution in [0.2, 0.25) is 5.02 Å². The Morgan fingerprint density at radius 2 is 2.00 bits per heavy atom. The van der Waals surface area contributed by atoms with Gasteiger partial charge in [-0.3, -0.25) is 9.10 Å². The predicted molar refractivity (Wildman–Crippen MR) is 112 cm³/mol. The van der Waals surface area contributed by atoms with Gasteiger partial charge in [0.2, 0.25) is 10.0 Å². The maximum absolute atomic E-state index is 12.5. The normalized spacial score (nSPS) is 16.0. The molecule has 0 bridgehead atoms. The highest BCUT2D eigenvalue weighted by Gasteiger charge is 2.35. The number of benzene rings is 2. The standard InChI is InChI=1S/C20H23ClN2O5S/c1-27-16-8-5-14(6-9-16)4-3-11-22-20(24)19-13-23(29(2,25)26)17-12-15(21)7-10-18(17)28-19/h5-10,12,19H,3-4,11,13H2,1-2H3,(H,22,24)/t19-/m1/s1. The van der Waals surface area contributed by atoms with E-state index >= 15 is 0 Å². The van der Waals surface area contributed by atoms with Gasteiger partial charge in [0.15, 0.2) is 6.10 Å². The number of rotatable bonds is 7. The van der Waals surface area contributed by atoms with E-state index in [4.69, 9.17) is 21.1 Å². The summed E-state index contributed by atoms with van der Waals surface area (Å²) in [5.74, 6) is 0.756. The molecular weight excluding hydrogens is 416 g/mol. The number of halogens is 1. The summed E-state index contributed by atoms with van der Waals surface area (Å²) in [4.78, 5) is 12.5. The van der Waals surface area contributed by atoms with Crippen molar-refractivity contribution in [1.82, 2.24) is 5.32 Å². The van der Waals surface area contributed by atoms with Gasteiger partial charge in [0.1, 0.15) is 11.5 Å². The molecule has 0 aliphatic carbocycles. The molecule has 156 valence electrons. The fourth-order valence-electron chi connectivity index (χ4n) is 3.09. The molecule has 1 amide bonds. The lowest BCUT2D eigenvalue weighted by molar-refractivity contribution is -0.127. The summed E-state index contributed by atoms with van der Waals surface area (Å²) in [5.41, 5.74) is 1.48. The van der Waals surface area contributed by atoms with Gasteiger partial charge in [-0.1, -0.05) is 23.7 Å². The molecule has 0 saturated heterocycles. The van der Waals surface area contributed by atoms with Crippen LogP contribution in [0.4, 0.5) is 5.69 Å². The van der Waals surface area contributed by atoms with Crippen LogP contribution in [-0.4, -0.2) is 46.9 Å². The fraction of sp³-hybridized carbons (Fsp3) is 0.350. The zero-order valence-electron chi connectivity index (χ0n) is 16.2. The third-order valence-electron chi connectivity index (χ3n) is 4.58. The molecule has 9 heteroatoms. The van der Waals surface area contributed by atoms with Crippen LogP contribution < -0.4 is 19.1 Å². The van der Waals surface area contributed by atoms with Crippen LogP contribution in [0, 0.1) is 0 Å². The van der Waals surface area contributed by atoms with Crippen LogP contribution in [0.1, 0.15) is 12.0 Å². The summed E-state index contributed by atoms with van der Waals surface area (Å²) in [5, 5.41) is 3.21. The number of sulfonamides is 1. The van der Waals surface area contributed by atoms with Gasteiger partial charge in [-0.15, -0.1) is 0 Å². The number of aryl methyl sites for hydroxylation is 1. The van der Waals surface area contributed by atoms with E-state index in [-0.39, 0.29) is 12.5 Å². The number of nitrogens with zero attached hydrogens (tertiary/aromatic N) is 1. The molecule has 0 aromatic heterocycles. The zero-order valence-corrected chi connectivity index (χ0v) is 17.8. The monoisotopic (exact) mass is 438 g/mol. The first-order chi connectivity index (χ1) is 13.8. The largest absolute Gasteiger partial charge is 0.497 e. The fourth-order valence-corrected chi connectivity index (χ4v) is 4.16. The van der Waals surface area contributed by atoms with Crippen molar-refractivity contribution in [3.8, 4) is 11.5 Å². The lowest BCUT2D eigenvalue weighted by Crippen LogP contribution is -2.50. The topological polar surface area (TPSA) is 84.9 Å². The van der Waals surface area contributed by atoms with E-state index in [2.05, 4.69) is 5.32 Å². The zero-order chi connectivity index (χ0) is 21.0. The smallest absolute Gasteiger partial charge is 0.263 e. The first-order valence-corrected chi connectivity index (χ1v) is 11.3. The van der Waals surface area contributed by atoms with Crippen molar-refractivity contribution in [2.45, 2.75) is 18.9 Å². The number of methoxy groups -OCH3 is 1. The van der Waals surface area contributed by atoms with Crippen LogP contribution in [0.25, 0.3) is 0 Å². The van der Waals surface area contributed by atoms with Crippen molar-refractivity contribution >= 4 is 33.2 Å². The number of ether oxygens (including phenoxy) is 2. The Hall–Kier alpha value is -2.45. The number of carbonyl (C=O) groups is 1. The third kappa shape index (κ3) is 5.33. The Kier molecular flexibility index (Phi) is 6.54. The summed E-state index contributed by atoms with van der Waals surface area (Å²) in [7, 11) is -1.96. The summed E-state index contributed by atoms with van der Waals surface area (Å²) < 4.78 is 36.4. The number of amides is 1. The molecule has 0 radical (unpaired) electrons. The van der Waals surface area contributed by atoms with E-state index in [9.17, 15) is 13.2 Å². The maximum Gasteiger partial charge on any atom is 0.263 e. The molecule has 0 saturated carbocycles. The summed E-state index contributed by atoms with van der Waals surface area (Å²) in [6.07, 6.45) is 1.70. The van der Waals surface area contributed by atoms with Crippen molar-refractivity contribution in [3.63, 3.8) is 0 Å². The molecule has 1 N–H and O–H groups in total. The van der Waals surface area contributed by atoms with E-state index in [0.717, 1.165) is 34.7 Å². The average molecular weight is 439 g/mol. The molecule has 1 aliphatic heterocycles. The molecule has 0 fully saturated rings. The van der Waals surface area contributed by atoms with Crippen LogP contribution in [0.3, 0.4) is 0 Å². The van der Waals surface area contributed by atoms with Gasteiger partial charge in [-0.2, -0.15) is 0 Å². The van der Waals surface area contributed by atoms with Crippen molar-refractivity contribution in [1.29, 1.82) is 0 Å². The maximum atomic E-state index is 12.5. The molecule has 2 aromatic rings. The summed E-state index contributed by atoms with van der Waals surface area (Å²) in [6.45, 7) is 0.355. The Labute approximate surface area is 175 Å². The molecule has 0 unspecified atom stereocenters. The molecule has 1 atom stereocenters. The van der Waals surface area contributed by atoms with Crippen LogP contribution in [0.5, 0.6) is 11.5 Å². The second-order valence-corrected chi connectivity index (χ2v) is 9.10. The minimum absolute atomic E-state index is 0.101. The van der Waals surface area contributed by atoms with E-state index in [1.54, 1.807) is 19.2 Å². The van der Waals surface area contributed by atoms with Gasteiger partial charge in [0.25, 0.3) is 5.91 Å². The summed E-state index contributed by atoms with van der Waals surface area (Å²) >= 11 is 5.98. The van der Waals surface area contributed by atoms with E-state index < -0.39 is 16.1 Å². The molecule has 1 heterocycles. The minimum Gasteiger partial charge on any atom is -0.497 e. The first-order valence-electron chi connectivity index (χ1n) is 9.12. The molecule has 29 heavy (non-hydrogen) atoms. The second-order valence-electron chi connectivity index (χ2n) is 6.76. The first kappa shape index (κ1) is 21.3. The molecule has 1 aliphatic rings. The third-order valence-corrected chi connectivity index (χ3v) is 5.97. The number of carbonyl (C=O) groups excluding carboxylic acids is 1. The van der Waals surface area contributed by atoms with Gasteiger partial charge in [-0.25, -0.2) is 8.42 Å². The van der Waals surface area contributed by atoms with Gasteiger partial charge in [0.05, 0.1) is 25.6 Å². The Balaban J connectivity index is 1.58. The Morgan fingerprint density at radius 1 is 1.28 bits per heavy atom. The summed E-state index contributed by atoms with van der Waals surface area (Å²) in [6, 6.07) is 12.4. The lowest BCUT2D eigenvalue weighted by atomic mass is 10.1. The highest BCUT2D eigenvalue weighted by atomic mass is 35.5.